The SMILES string of the molecule is Cc1ccc(C(C)N[C@H](CO)Cc2ccccc2)c(O)c1. The lowest BCUT2D eigenvalue weighted by molar-refractivity contribution is 0.232. The van der Waals surface area contributed by atoms with Crippen molar-refractivity contribution in [2.75, 3.05) is 6.61 Å². The highest BCUT2D eigenvalue weighted by atomic mass is 16.3. The summed E-state index contributed by atoms with van der Waals surface area (Å²) < 4.78 is 0. The molecule has 1 unspecified atom stereocenters. The number of hydrogen-bond acceptors (Lipinski definition) is 3. The van der Waals surface area contributed by atoms with E-state index in [9.17, 15) is 10.2 Å². The number of aliphatic hydroxyl groups excluding tert-OH is 1. The summed E-state index contributed by atoms with van der Waals surface area (Å²) in [5, 5.41) is 23.0. The lowest BCUT2D eigenvalue weighted by atomic mass is 10.0. The van der Waals surface area contributed by atoms with Crippen molar-refractivity contribution in [3.8, 4) is 5.75 Å². The molecule has 0 aliphatic carbocycles. The van der Waals surface area contributed by atoms with E-state index in [-0.39, 0.29) is 18.7 Å². The second kappa shape index (κ2) is 7.25. The molecule has 0 saturated heterocycles. The first kappa shape index (κ1) is 15.5. The standard InChI is InChI=1S/C18H23NO2/c1-13-8-9-17(18(21)10-13)14(2)19-16(12-20)11-15-6-4-3-5-7-15/h3-10,14,16,19-21H,11-12H2,1-2H3/t14?,16-/m0/s1. The van der Waals surface area contributed by atoms with Crippen LogP contribution in [0, 0.1) is 6.92 Å². The van der Waals surface area contributed by atoms with E-state index in [4.69, 9.17) is 0 Å². The van der Waals surface area contributed by atoms with Gasteiger partial charge in [0.1, 0.15) is 5.75 Å². The molecule has 3 heteroatoms. The fourth-order valence-electron chi connectivity index (χ4n) is 2.54. The summed E-state index contributed by atoms with van der Waals surface area (Å²) in [4.78, 5) is 0. The predicted molar refractivity (Wildman–Crippen MR) is 85.4 cm³/mol. The lowest BCUT2D eigenvalue weighted by Crippen LogP contribution is -2.36. The quantitative estimate of drug-likeness (QED) is 0.765. The molecule has 0 spiro atoms. The van der Waals surface area contributed by atoms with Crippen LogP contribution in [0.15, 0.2) is 48.5 Å². The summed E-state index contributed by atoms with van der Waals surface area (Å²) in [6.07, 6.45) is 0.758. The molecule has 21 heavy (non-hydrogen) atoms. The van der Waals surface area contributed by atoms with Crippen molar-refractivity contribution in [1.82, 2.24) is 5.32 Å². The van der Waals surface area contributed by atoms with E-state index in [0.717, 1.165) is 17.5 Å². The molecule has 2 rings (SSSR count). The van der Waals surface area contributed by atoms with Crippen LogP contribution in [0.5, 0.6) is 5.75 Å². The van der Waals surface area contributed by atoms with Crippen molar-refractivity contribution >= 4 is 0 Å². The van der Waals surface area contributed by atoms with Crippen molar-refractivity contribution in [2.24, 2.45) is 0 Å². The van der Waals surface area contributed by atoms with E-state index in [2.05, 4.69) is 17.4 Å². The Balaban J connectivity index is 2.04. The zero-order valence-corrected chi connectivity index (χ0v) is 12.6. The number of phenols is 1. The van der Waals surface area contributed by atoms with Gasteiger partial charge < -0.3 is 15.5 Å². The molecule has 112 valence electrons. The molecule has 0 radical (unpaired) electrons. The molecule has 3 N–H and O–H groups in total. The molecule has 0 amide bonds. The third-order valence-corrected chi connectivity index (χ3v) is 3.68. The van der Waals surface area contributed by atoms with Crippen molar-refractivity contribution < 1.29 is 10.2 Å². The van der Waals surface area contributed by atoms with E-state index in [1.807, 2.05) is 44.2 Å². The minimum atomic E-state index is -0.0388. The molecule has 0 aliphatic heterocycles. The third-order valence-electron chi connectivity index (χ3n) is 3.68. The molecular weight excluding hydrogens is 262 g/mol. The summed E-state index contributed by atoms with van der Waals surface area (Å²) in [6.45, 7) is 4.01. The normalized spacial score (nSPS) is 13.9. The fraction of sp³-hybridized carbons (Fsp3) is 0.333. The highest BCUT2D eigenvalue weighted by Crippen LogP contribution is 2.25. The van der Waals surface area contributed by atoms with Crippen LogP contribution in [-0.2, 0) is 6.42 Å². The van der Waals surface area contributed by atoms with Crippen LogP contribution in [0.25, 0.3) is 0 Å². The molecule has 0 heterocycles. The Morgan fingerprint density at radius 2 is 1.81 bits per heavy atom. The van der Waals surface area contributed by atoms with Gasteiger partial charge in [-0.1, -0.05) is 42.5 Å². The van der Waals surface area contributed by atoms with Gasteiger partial charge >= 0.3 is 0 Å². The van der Waals surface area contributed by atoms with E-state index in [0.29, 0.717) is 5.75 Å². The molecule has 2 aromatic carbocycles. The Kier molecular flexibility index (Phi) is 5.37. The van der Waals surface area contributed by atoms with E-state index in [1.54, 1.807) is 6.07 Å². The Morgan fingerprint density at radius 1 is 1.10 bits per heavy atom. The first-order valence-corrected chi connectivity index (χ1v) is 7.30. The second-order valence-corrected chi connectivity index (χ2v) is 5.52. The number of aryl methyl sites for hydroxylation is 1. The molecule has 0 bridgehead atoms. The molecular formula is C18H23NO2. The molecule has 3 nitrogen and oxygen atoms in total. The molecule has 0 saturated carbocycles. The van der Waals surface area contributed by atoms with Gasteiger partial charge in [0.25, 0.3) is 0 Å². The zero-order chi connectivity index (χ0) is 15.2. The number of aliphatic hydroxyl groups is 1. The molecule has 2 atom stereocenters. The van der Waals surface area contributed by atoms with E-state index in [1.165, 1.54) is 5.56 Å². The second-order valence-electron chi connectivity index (χ2n) is 5.52. The smallest absolute Gasteiger partial charge is 0.120 e. The van der Waals surface area contributed by atoms with Crippen LogP contribution in [-0.4, -0.2) is 22.9 Å². The van der Waals surface area contributed by atoms with Crippen molar-refractivity contribution in [3.63, 3.8) is 0 Å². The summed E-state index contributed by atoms with van der Waals surface area (Å²) in [6, 6.07) is 15.7. The van der Waals surface area contributed by atoms with Crippen LogP contribution in [0.3, 0.4) is 0 Å². The number of phenolic OH excluding ortho intramolecular Hbond substituents is 1. The Labute approximate surface area is 126 Å². The molecule has 0 aromatic heterocycles. The minimum absolute atomic E-state index is 0.0218. The zero-order valence-electron chi connectivity index (χ0n) is 12.6. The largest absolute Gasteiger partial charge is 0.508 e. The first-order valence-electron chi connectivity index (χ1n) is 7.30. The van der Waals surface area contributed by atoms with Gasteiger partial charge in [-0.2, -0.15) is 0 Å². The third kappa shape index (κ3) is 4.31. The van der Waals surface area contributed by atoms with Crippen LogP contribution in [0.2, 0.25) is 0 Å². The maximum atomic E-state index is 10.0. The lowest BCUT2D eigenvalue weighted by Gasteiger charge is -2.23. The van der Waals surface area contributed by atoms with Gasteiger partial charge in [-0.05, 0) is 37.5 Å². The van der Waals surface area contributed by atoms with E-state index < -0.39 is 0 Å². The molecule has 0 fully saturated rings. The van der Waals surface area contributed by atoms with Gasteiger partial charge in [0, 0.05) is 17.6 Å². The van der Waals surface area contributed by atoms with Crippen LogP contribution < -0.4 is 5.32 Å². The topological polar surface area (TPSA) is 52.5 Å². The van der Waals surface area contributed by atoms with Crippen LogP contribution in [0.1, 0.15) is 29.7 Å². The van der Waals surface area contributed by atoms with Crippen molar-refractivity contribution in [2.45, 2.75) is 32.4 Å². The summed E-state index contributed by atoms with van der Waals surface area (Å²) >= 11 is 0. The Morgan fingerprint density at radius 3 is 2.43 bits per heavy atom. The number of nitrogens with one attached hydrogen (secondary N) is 1. The highest BCUT2D eigenvalue weighted by molar-refractivity contribution is 5.37. The van der Waals surface area contributed by atoms with Gasteiger partial charge in [-0.25, -0.2) is 0 Å². The van der Waals surface area contributed by atoms with Crippen LogP contribution in [0.4, 0.5) is 0 Å². The number of aromatic hydroxyl groups is 1. The van der Waals surface area contributed by atoms with Gasteiger partial charge in [-0.3, -0.25) is 0 Å². The van der Waals surface area contributed by atoms with Gasteiger partial charge in [0.05, 0.1) is 6.61 Å². The summed E-state index contributed by atoms with van der Waals surface area (Å²) in [7, 11) is 0. The average Bonchev–Trinajstić information content (AvgIpc) is 2.47. The monoisotopic (exact) mass is 285 g/mol. The van der Waals surface area contributed by atoms with Crippen LogP contribution >= 0.6 is 0 Å². The molecule has 2 aromatic rings. The number of benzene rings is 2. The molecule has 0 aliphatic rings. The maximum absolute atomic E-state index is 10.0. The highest BCUT2D eigenvalue weighted by Gasteiger charge is 2.15. The number of rotatable bonds is 6. The summed E-state index contributed by atoms with van der Waals surface area (Å²) in [5.41, 5.74) is 3.07. The van der Waals surface area contributed by atoms with Gasteiger partial charge in [0.15, 0.2) is 0 Å². The van der Waals surface area contributed by atoms with Crippen molar-refractivity contribution in [1.29, 1.82) is 0 Å². The van der Waals surface area contributed by atoms with E-state index >= 15 is 0 Å². The van der Waals surface area contributed by atoms with Crippen molar-refractivity contribution in [3.05, 3.63) is 65.2 Å². The Bertz CT molecular complexity index is 569. The van der Waals surface area contributed by atoms with Gasteiger partial charge in [-0.15, -0.1) is 0 Å². The van der Waals surface area contributed by atoms with Gasteiger partial charge in [0.2, 0.25) is 0 Å². The minimum Gasteiger partial charge on any atom is -0.508 e. The number of hydrogen-bond donors (Lipinski definition) is 3. The predicted octanol–water partition coefficient (Wildman–Crippen LogP) is 2.95. The summed E-state index contributed by atoms with van der Waals surface area (Å²) in [5.74, 6) is 0.298. The fourth-order valence-corrected chi connectivity index (χ4v) is 2.54. The Hall–Kier alpha value is -1.84. The average molecular weight is 285 g/mol. The maximum Gasteiger partial charge on any atom is 0.120 e. The first-order chi connectivity index (χ1) is 10.1.